The SMILES string of the molecule is CCCC1CCN(c2cccc(NN)n2)C1. The first-order valence-electron chi connectivity index (χ1n) is 6.02. The van der Waals surface area contributed by atoms with E-state index in [0.717, 1.165) is 30.6 Å². The van der Waals surface area contributed by atoms with Crippen LogP contribution in [0.5, 0.6) is 0 Å². The summed E-state index contributed by atoms with van der Waals surface area (Å²) >= 11 is 0. The van der Waals surface area contributed by atoms with Gasteiger partial charge in [-0.25, -0.2) is 10.8 Å². The molecule has 4 heteroatoms. The third-order valence-corrected chi connectivity index (χ3v) is 3.19. The standard InChI is InChI=1S/C12H20N4/c1-2-4-10-7-8-16(9-10)12-6-3-5-11(14-12)15-13/h3,5-6,10H,2,4,7-9,13H2,1H3,(H,14,15). The Labute approximate surface area is 96.8 Å². The number of aromatic nitrogens is 1. The van der Waals surface area contributed by atoms with E-state index in [1.165, 1.54) is 19.3 Å². The minimum absolute atomic E-state index is 0.733. The van der Waals surface area contributed by atoms with Gasteiger partial charge in [-0.15, -0.1) is 0 Å². The van der Waals surface area contributed by atoms with Gasteiger partial charge >= 0.3 is 0 Å². The van der Waals surface area contributed by atoms with Gasteiger partial charge in [-0.2, -0.15) is 0 Å². The molecule has 0 radical (unpaired) electrons. The summed E-state index contributed by atoms with van der Waals surface area (Å²) in [6.45, 7) is 4.50. The summed E-state index contributed by atoms with van der Waals surface area (Å²) in [6, 6.07) is 5.92. The second-order valence-electron chi connectivity index (χ2n) is 4.41. The molecule has 1 aromatic rings. The van der Waals surface area contributed by atoms with Crippen molar-refractivity contribution in [3.63, 3.8) is 0 Å². The molecule has 0 spiro atoms. The van der Waals surface area contributed by atoms with E-state index in [-0.39, 0.29) is 0 Å². The minimum atomic E-state index is 0.733. The number of rotatable bonds is 4. The first kappa shape index (κ1) is 11.2. The summed E-state index contributed by atoms with van der Waals surface area (Å²) in [5, 5.41) is 0. The van der Waals surface area contributed by atoms with Crippen molar-refractivity contribution in [3.05, 3.63) is 18.2 Å². The lowest BCUT2D eigenvalue weighted by atomic mass is 10.0. The van der Waals surface area contributed by atoms with E-state index in [1.807, 2.05) is 12.1 Å². The average Bonchev–Trinajstić information content (AvgIpc) is 2.78. The zero-order chi connectivity index (χ0) is 11.4. The fourth-order valence-electron chi connectivity index (χ4n) is 2.36. The lowest BCUT2D eigenvalue weighted by Crippen LogP contribution is -2.21. The molecule has 1 aromatic heterocycles. The van der Waals surface area contributed by atoms with Crippen LogP contribution in [0.15, 0.2) is 18.2 Å². The van der Waals surface area contributed by atoms with Gasteiger partial charge in [0.25, 0.3) is 0 Å². The number of pyridine rings is 1. The van der Waals surface area contributed by atoms with Crippen molar-refractivity contribution in [2.24, 2.45) is 11.8 Å². The van der Waals surface area contributed by atoms with Gasteiger partial charge in [0.1, 0.15) is 11.6 Å². The molecule has 88 valence electrons. The van der Waals surface area contributed by atoms with E-state index in [2.05, 4.69) is 28.3 Å². The maximum atomic E-state index is 5.36. The van der Waals surface area contributed by atoms with Crippen molar-refractivity contribution in [2.45, 2.75) is 26.2 Å². The molecule has 0 bridgehead atoms. The highest BCUT2D eigenvalue weighted by atomic mass is 15.3. The molecule has 0 amide bonds. The lowest BCUT2D eigenvalue weighted by molar-refractivity contribution is 0.529. The van der Waals surface area contributed by atoms with Crippen molar-refractivity contribution < 1.29 is 0 Å². The van der Waals surface area contributed by atoms with Gasteiger partial charge in [0.2, 0.25) is 0 Å². The molecule has 0 saturated carbocycles. The normalized spacial score (nSPS) is 20.1. The minimum Gasteiger partial charge on any atom is -0.356 e. The quantitative estimate of drug-likeness (QED) is 0.602. The molecule has 2 rings (SSSR count). The Hall–Kier alpha value is -1.29. The molecule has 16 heavy (non-hydrogen) atoms. The van der Waals surface area contributed by atoms with Crippen LogP contribution in [0.1, 0.15) is 26.2 Å². The number of nitrogens with two attached hydrogens (primary N) is 1. The largest absolute Gasteiger partial charge is 0.356 e. The number of anilines is 2. The highest BCUT2D eigenvalue weighted by molar-refractivity contribution is 5.47. The molecule has 4 nitrogen and oxygen atoms in total. The van der Waals surface area contributed by atoms with E-state index < -0.39 is 0 Å². The van der Waals surface area contributed by atoms with Crippen LogP contribution < -0.4 is 16.2 Å². The third-order valence-electron chi connectivity index (χ3n) is 3.19. The summed E-state index contributed by atoms with van der Waals surface area (Å²) in [4.78, 5) is 6.81. The Morgan fingerprint density at radius 1 is 1.56 bits per heavy atom. The Bertz CT molecular complexity index is 340. The molecule has 1 fully saturated rings. The van der Waals surface area contributed by atoms with Gasteiger partial charge in [0.15, 0.2) is 0 Å². The topological polar surface area (TPSA) is 54.2 Å². The molecule has 1 unspecified atom stereocenters. The van der Waals surface area contributed by atoms with Crippen molar-refractivity contribution in [3.8, 4) is 0 Å². The van der Waals surface area contributed by atoms with E-state index in [1.54, 1.807) is 0 Å². The van der Waals surface area contributed by atoms with E-state index in [4.69, 9.17) is 5.84 Å². The number of hydrazine groups is 1. The van der Waals surface area contributed by atoms with E-state index >= 15 is 0 Å². The summed E-state index contributed by atoms with van der Waals surface area (Å²) in [5.74, 6) is 7.96. The van der Waals surface area contributed by atoms with Crippen molar-refractivity contribution in [1.29, 1.82) is 0 Å². The third kappa shape index (κ3) is 2.44. The van der Waals surface area contributed by atoms with Crippen LogP contribution in [0.3, 0.4) is 0 Å². The van der Waals surface area contributed by atoms with Crippen molar-refractivity contribution in [1.82, 2.24) is 4.98 Å². The summed E-state index contributed by atoms with van der Waals surface area (Å²) in [7, 11) is 0. The Morgan fingerprint density at radius 2 is 2.44 bits per heavy atom. The predicted octanol–water partition coefficient (Wildman–Crippen LogP) is 1.99. The molecule has 0 aromatic carbocycles. The summed E-state index contributed by atoms with van der Waals surface area (Å²) < 4.78 is 0. The molecule has 1 aliphatic rings. The Balaban J connectivity index is 2.02. The lowest BCUT2D eigenvalue weighted by Gasteiger charge is -2.18. The predicted molar refractivity (Wildman–Crippen MR) is 67.3 cm³/mol. The Morgan fingerprint density at radius 3 is 3.19 bits per heavy atom. The molecule has 0 aliphatic carbocycles. The van der Waals surface area contributed by atoms with Crippen LogP contribution in [-0.2, 0) is 0 Å². The van der Waals surface area contributed by atoms with E-state index in [0.29, 0.717) is 0 Å². The van der Waals surface area contributed by atoms with Crippen molar-refractivity contribution >= 4 is 11.6 Å². The van der Waals surface area contributed by atoms with Gasteiger partial charge in [-0.3, -0.25) is 0 Å². The van der Waals surface area contributed by atoms with E-state index in [9.17, 15) is 0 Å². The van der Waals surface area contributed by atoms with Crippen LogP contribution in [0.25, 0.3) is 0 Å². The fraction of sp³-hybridized carbons (Fsp3) is 0.583. The highest BCUT2D eigenvalue weighted by Gasteiger charge is 2.22. The maximum Gasteiger partial charge on any atom is 0.142 e. The van der Waals surface area contributed by atoms with Gasteiger partial charge in [0, 0.05) is 13.1 Å². The van der Waals surface area contributed by atoms with Gasteiger partial charge < -0.3 is 10.3 Å². The first-order valence-corrected chi connectivity index (χ1v) is 6.02. The van der Waals surface area contributed by atoms with Gasteiger partial charge in [0.05, 0.1) is 0 Å². The number of hydrogen-bond donors (Lipinski definition) is 2. The average molecular weight is 220 g/mol. The van der Waals surface area contributed by atoms with Gasteiger partial charge in [-0.05, 0) is 30.9 Å². The van der Waals surface area contributed by atoms with Crippen LogP contribution in [0.4, 0.5) is 11.6 Å². The highest BCUT2D eigenvalue weighted by Crippen LogP contribution is 2.25. The first-order chi connectivity index (χ1) is 7.83. The molecular formula is C12H20N4. The summed E-state index contributed by atoms with van der Waals surface area (Å²) in [6.07, 6.45) is 3.89. The summed E-state index contributed by atoms with van der Waals surface area (Å²) in [5.41, 5.74) is 2.59. The van der Waals surface area contributed by atoms with Crippen LogP contribution >= 0.6 is 0 Å². The monoisotopic (exact) mass is 220 g/mol. The molecule has 2 heterocycles. The number of nitrogens with zero attached hydrogens (tertiary/aromatic N) is 2. The molecule has 1 saturated heterocycles. The van der Waals surface area contributed by atoms with Crippen LogP contribution in [0.2, 0.25) is 0 Å². The fourth-order valence-corrected chi connectivity index (χ4v) is 2.36. The second-order valence-corrected chi connectivity index (χ2v) is 4.41. The zero-order valence-corrected chi connectivity index (χ0v) is 9.82. The van der Waals surface area contributed by atoms with Crippen molar-refractivity contribution in [2.75, 3.05) is 23.4 Å². The van der Waals surface area contributed by atoms with Crippen LogP contribution in [-0.4, -0.2) is 18.1 Å². The molecule has 1 atom stereocenters. The maximum absolute atomic E-state index is 5.36. The number of nitrogen functional groups attached to an aromatic ring is 1. The Kier molecular flexibility index (Phi) is 3.62. The zero-order valence-electron chi connectivity index (χ0n) is 9.82. The number of nitrogens with one attached hydrogen (secondary N) is 1. The molecule has 1 aliphatic heterocycles. The second kappa shape index (κ2) is 5.16. The molecule has 3 N–H and O–H groups in total. The number of hydrogen-bond acceptors (Lipinski definition) is 4. The molecular weight excluding hydrogens is 200 g/mol. The smallest absolute Gasteiger partial charge is 0.142 e. The van der Waals surface area contributed by atoms with Gasteiger partial charge in [-0.1, -0.05) is 19.4 Å². The van der Waals surface area contributed by atoms with Crippen LogP contribution in [0, 0.1) is 5.92 Å².